The smallest absolute Gasteiger partial charge is 0.307 e. The fraction of sp³-hybridized carbons (Fsp3) is 0.0714. The van der Waals surface area contributed by atoms with E-state index in [1.807, 2.05) is 42.5 Å². The Morgan fingerprint density at radius 1 is 1.21 bits per heavy atom. The number of hydrogen-bond donors (Lipinski definition) is 2. The molecule has 0 bridgehead atoms. The highest BCUT2D eigenvalue weighted by Crippen LogP contribution is 2.34. The van der Waals surface area contributed by atoms with Crippen molar-refractivity contribution < 1.29 is 9.90 Å². The average Bonchev–Trinajstić information content (AvgIpc) is 2.34. The molecule has 0 spiro atoms. The number of halogens is 1. The average molecular weight is 338 g/mol. The Balaban J connectivity index is 2.17. The van der Waals surface area contributed by atoms with E-state index in [4.69, 9.17) is 10.8 Å². The fourth-order valence-corrected chi connectivity index (χ4v) is 3.06. The largest absolute Gasteiger partial charge is 0.481 e. The van der Waals surface area contributed by atoms with Crippen molar-refractivity contribution in [2.75, 3.05) is 5.73 Å². The van der Waals surface area contributed by atoms with Crippen molar-refractivity contribution in [1.82, 2.24) is 0 Å². The predicted octanol–water partition coefficient (Wildman–Crippen LogP) is 3.81. The molecule has 2 aromatic rings. The fourth-order valence-electron chi connectivity index (χ4n) is 1.57. The number of nitrogens with two attached hydrogens (primary N) is 1. The normalized spacial score (nSPS) is 10.4. The van der Waals surface area contributed by atoms with E-state index in [1.54, 1.807) is 11.8 Å². The van der Waals surface area contributed by atoms with Crippen LogP contribution in [0, 0.1) is 0 Å². The van der Waals surface area contributed by atoms with Gasteiger partial charge in [0.05, 0.1) is 6.42 Å². The molecule has 2 aromatic carbocycles. The van der Waals surface area contributed by atoms with Crippen LogP contribution in [-0.2, 0) is 11.2 Å². The number of nitrogen functional groups attached to an aromatic ring is 1. The molecule has 0 saturated carbocycles. The Bertz CT molecular complexity index is 599. The van der Waals surface area contributed by atoms with Gasteiger partial charge in [-0.2, -0.15) is 0 Å². The summed E-state index contributed by atoms with van der Waals surface area (Å²) in [5, 5.41) is 8.76. The molecule has 0 aliphatic rings. The molecule has 0 heterocycles. The molecular formula is C14H12BrNO2S. The molecule has 0 fully saturated rings. The summed E-state index contributed by atoms with van der Waals surface area (Å²) in [6.45, 7) is 0. The van der Waals surface area contributed by atoms with E-state index < -0.39 is 5.97 Å². The van der Waals surface area contributed by atoms with Crippen LogP contribution in [0.5, 0.6) is 0 Å². The third-order valence-electron chi connectivity index (χ3n) is 2.46. The number of anilines is 1. The minimum atomic E-state index is -0.828. The number of aliphatic carboxylic acids is 1. The number of benzene rings is 2. The number of rotatable bonds is 4. The van der Waals surface area contributed by atoms with Crippen LogP contribution in [0.15, 0.2) is 56.7 Å². The van der Waals surface area contributed by atoms with E-state index in [-0.39, 0.29) is 6.42 Å². The van der Waals surface area contributed by atoms with Gasteiger partial charge in [-0.15, -0.1) is 0 Å². The zero-order valence-corrected chi connectivity index (χ0v) is 12.4. The number of carboxylic acid groups (broad SMARTS) is 1. The van der Waals surface area contributed by atoms with Crippen LogP contribution in [-0.4, -0.2) is 11.1 Å². The van der Waals surface area contributed by atoms with Crippen molar-refractivity contribution in [3.63, 3.8) is 0 Å². The molecular weight excluding hydrogens is 326 g/mol. The highest BCUT2D eigenvalue weighted by atomic mass is 79.9. The van der Waals surface area contributed by atoms with Gasteiger partial charge in [-0.3, -0.25) is 4.79 Å². The minimum Gasteiger partial charge on any atom is -0.481 e. The van der Waals surface area contributed by atoms with Gasteiger partial charge in [0.1, 0.15) is 0 Å². The molecule has 3 nitrogen and oxygen atoms in total. The van der Waals surface area contributed by atoms with Crippen LogP contribution in [0.4, 0.5) is 5.69 Å². The second kappa shape index (κ2) is 6.12. The summed E-state index contributed by atoms with van der Waals surface area (Å²) in [4.78, 5) is 12.8. The van der Waals surface area contributed by atoms with Gasteiger partial charge < -0.3 is 10.8 Å². The van der Waals surface area contributed by atoms with Crippen LogP contribution in [0.2, 0.25) is 0 Å². The third-order valence-corrected chi connectivity index (χ3v) is 4.46. The molecule has 0 aliphatic carbocycles. The van der Waals surface area contributed by atoms with E-state index in [0.717, 1.165) is 25.5 Å². The lowest BCUT2D eigenvalue weighted by atomic mass is 10.2. The van der Waals surface area contributed by atoms with Crippen LogP contribution in [0.3, 0.4) is 0 Å². The van der Waals surface area contributed by atoms with E-state index in [0.29, 0.717) is 0 Å². The van der Waals surface area contributed by atoms with Crippen LogP contribution in [0.25, 0.3) is 0 Å². The SMILES string of the molecule is Nc1ccc(Sc2ccc(CC(=O)O)cc2Br)cc1. The molecule has 3 N–H and O–H groups in total. The molecule has 2 rings (SSSR count). The van der Waals surface area contributed by atoms with Gasteiger partial charge >= 0.3 is 5.97 Å². The lowest BCUT2D eigenvalue weighted by molar-refractivity contribution is -0.136. The summed E-state index contributed by atoms with van der Waals surface area (Å²) in [5.74, 6) is -0.828. The highest BCUT2D eigenvalue weighted by Gasteiger charge is 2.06. The Morgan fingerprint density at radius 2 is 1.89 bits per heavy atom. The summed E-state index contributed by atoms with van der Waals surface area (Å²) >= 11 is 5.07. The Morgan fingerprint density at radius 3 is 2.47 bits per heavy atom. The first kappa shape index (κ1) is 14.0. The Hall–Kier alpha value is -1.46. The van der Waals surface area contributed by atoms with Crippen molar-refractivity contribution >= 4 is 39.3 Å². The monoisotopic (exact) mass is 337 g/mol. The highest BCUT2D eigenvalue weighted by molar-refractivity contribution is 9.10. The lowest BCUT2D eigenvalue weighted by Crippen LogP contribution is -1.99. The van der Waals surface area contributed by atoms with Gasteiger partial charge in [0, 0.05) is 20.0 Å². The van der Waals surface area contributed by atoms with E-state index in [2.05, 4.69) is 15.9 Å². The lowest BCUT2D eigenvalue weighted by Gasteiger charge is -2.06. The first-order valence-electron chi connectivity index (χ1n) is 5.58. The number of carboxylic acids is 1. The summed E-state index contributed by atoms with van der Waals surface area (Å²) in [6.07, 6.45) is 0.0332. The van der Waals surface area contributed by atoms with Crippen molar-refractivity contribution in [3.8, 4) is 0 Å². The second-order valence-electron chi connectivity index (χ2n) is 4.01. The number of carbonyl (C=O) groups is 1. The van der Waals surface area contributed by atoms with Crippen molar-refractivity contribution in [2.24, 2.45) is 0 Å². The standard InChI is InChI=1S/C14H12BrNO2S/c15-12-7-9(8-14(17)18)1-6-13(12)19-11-4-2-10(16)3-5-11/h1-7H,8,16H2,(H,17,18). The minimum absolute atomic E-state index is 0.0332. The maximum Gasteiger partial charge on any atom is 0.307 e. The van der Waals surface area contributed by atoms with Crippen molar-refractivity contribution in [2.45, 2.75) is 16.2 Å². The maximum absolute atomic E-state index is 10.7. The molecule has 0 aliphatic heterocycles. The summed E-state index contributed by atoms with van der Waals surface area (Å²) < 4.78 is 0.896. The van der Waals surface area contributed by atoms with E-state index in [9.17, 15) is 4.79 Å². The molecule has 19 heavy (non-hydrogen) atoms. The van der Waals surface area contributed by atoms with Gasteiger partial charge in [0.15, 0.2) is 0 Å². The summed E-state index contributed by atoms with van der Waals surface area (Å²) in [7, 11) is 0. The predicted molar refractivity (Wildman–Crippen MR) is 80.5 cm³/mol. The molecule has 98 valence electrons. The Kier molecular flexibility index (Phi) is 4.50. The maximum atomic E-state index is 10.7. The van der Waals surface area contributed by atoms with Crippen LogP contribution < -0.4 is 5.73 Å². The van der Waals surface area contributed by atoms with E-state index >= 15 is 0 Å². The van der Waals surface area contributed by atoms with Gasteiger partial charge in [-0.25, -0.2) is 0 Å². The van der Waals surface area contributed by atoms with E-state index in [1.165, 1.54) is 0 Å². The molecule has 0 aromatic heterocycles. The van der Waals surface area contributed by atoms with Crippen LogP contribution in [0.1, 0.15) is 5.56 Å². The quantitative estimate of drug-likeness (QED) is 0.832. The summed E-state index contributed by atoms with van der Waals surface area (Å²) in [5.41, 5.74) is 7.16. The zero-order valence-electron chi connectivity index (χ0n) is 9.97. The van der Waals surface area contributed by atoms with Crippen molar-refractivity contribution in [3.05, 3.63) is 52.5 Å². The van der Waals surface area contributed by atoms with Gasteiger partial charge in [-0.05, 0) is 57.9 Å². The molecule has 0 amide bonds. The molecule has 0 unspecified atom stereocenters. The van der Waals surface area contributed by atoms with Gasteiger partial charge in [0.25, 0.3) is 0 Å². The van der Waals surface area contributed by atoms with Crippen molar-refractivity contribution in [1.29, 1.82) is 0 Å². The number of hydrogen-bond acceptors (Lipinski definition) is 3. The van der Waals surface area contributed by atoms with Gasteiger partial charge in [-0.1, -0.05) is 17.8 Å². The first-order chi connectivity index (χ1) is 9.04. The van der Waals surface area contributed by atoms with Gasteiger partial charge in [0.2, 0.25) is 0 Å². The molecule has 5 heteroatoms. The van der Waals surface area contributed by atoms with Crippen LogP contribution >= 0.6 is 27.7 Å². The molecule has 0 saturated heterocycles. The molecule has 0 atom stereocenters. The zero-order chi connectivity index (χ0) is 13.8. The first-order valence-corrected chi connectivity index (χ1v) is 7.19. The topological polar surface area (TPSA) is 63.3 Å². The second-order valence-corrected chi connectivity index (χ2v) is 5.98. The molecule has 0 radical (unpaired) electrons. The third kappa shape index (κ3) is 4.01. The Labute approximate surface area is 124 Å². The summed E-state index contributed by atoms with van der Waals surface area (Å²) in [6, 6.07) is 13.2.